The Hall–Kier alpha value is -4.25. The fraction of sp³-hybridized carbons (Fsp3) is 0.469. The highest BCUT2D eigenvalue weighted by Crippen LogP contribution is 2.35. The minimum atomic E-state index is -0.698. The van der Waals surface area contributed by atoms with Crippen LogP contribution in [0.2, 0.25) is 0 Å². The van der Waals surface area contributed by atoms with Crippen LogP contribution in [0.25, 0.3) is 33.5 Å². The summed E-state index contributed by atoms with van der Waals surface area (Å²) >= 11 is 0. The van der Waals surface area contributed by atoms with E-state index in [1.807, 2.05) is 20.8 Å². The standard InChI is InChI=1S/C32H42N8O3/c1-20-11-10-12-38(20)25-14-22(21(2)36(6)7)13-23(15-25)27-17-33-29-28(35-27)26(19-39(29)31(42)43-32(3,4)5)24-16-34-40(18-24)30(41)37(8)9/h13-21H,10-12H2,1-9H3/t20-,21?/m1/s1. The van der Waals surface area contributed by atoms with E-state index in [2.05, 4.69) is 61.0 Å². The molecule has 11 heteroatoms. The summed E-state index contributed by atoms with van der Waals surface area (Å²) in [6, 6.07) is 7.00. The largest absolute Gasteiger partial charge is 0.443 e. The van der Waals surface area contributed by atoms with Gasteiger partial charge in [0, 0.05) is 67.5 Å². The number of ether oxygens (including phenoxy) is 1. The number of amides is 1. The normalized spacial score (nSPS) is 16.2. The second-order valence-corrected chi connectivity index (χ2v) is 12.8. The Morgan fingerprint density at radius 1 is 1.05 bits per heavy atom. The predicted molar refractivity (Wildman–Crippen MR) is 168 cm³/mol. The molecule has 0 bridgehead atoms. The van der Waals surface area contributed by atoms with Crippen molar-refractivity contribution in [2.45, 2.75) is 65.1 Å². The molecule has 0 saturated carbocycles. The number of carbonyl (C=O) groups is 2. The van der Waals surface area contributed by atoms with Crippen molar-refractivity contribution in [1.82, 2.24) is 34.1 Å². The summed E-state index contributed by atoms with van der Waals surface area (Å²) in [5, 5.41) is 4.27. The lowest BCUT2D eigenvalue weighted by molar-refractivity contribution is 0.0543. The van der Waals surface area contributed by atoms with Crippen molar-refractivity contribution >= 4 is 29.0 Å². The molecule has 1 fully saturated rings. The Morgan fingerprint density at radius 3 is 2.42 bits per heavy atom. The third kappa shape index (κ3) is 6.13. The van der Waals surface area contributed by atoms with E-state index in [1.54, 1.807) is 38.9 Å². The molecule has 4 aromatic rings. The van der Waals surface area contributed by atoms with Crippen LogP contribution in [0.5, 0.6) is 0 Å². The zero-order valence-electron chi connectivity index (χ0n) is 26.6. The first kappa shape index (κ1) is 30.2. The monoisotopic (exact) mass is 586 g/mol. The number of hydrogen-bond acceptors (Lipinski definition) is 8. The van der Waals surface area contributed by atoms with Gasteiger partial charge in [-0.1, -0.05) is 0 Å². The van der Waals surface area contributed by atoms with Crippen LogP contribution in [0, 0.1) is 0 Å². The van der Waals surface area contributed by atoms with Crippen LogP contribution in [0.15, 0.2) is 43.0 Å². The van der Waals surface area contributed by atoms with Gasteiger partial charge in [-0.3, -0.25) is 0 Å². The molecular weight excluding hydrogens is 544 g/mol. The van der Waals surface area contributed by atoms with E-state index in [4.69, 9.17) is 14.7 Å². The average molecular weight is 587 g/mol. The number of hydrogen-bond donors (Lipinski definition) is 0. The lowest BCUT2D eigenvalue weighted by Crippen LogP contribution is -2.27. The van der Waals surface area contributed by atoms with Gasteiger partial charge >= 0.3 is 12.1 Å². The maximum atomic E-state index is 13.3. The zero-order valence-corrected chi connectivity index (χ0v) is 26.6. The first-order valence-electron chi connectivity index (χ1n) is 14.7. The van der Waals surface area contributed by atoms with Gasteiger partial charge in [0.05, 0.1) is 18.1 Å². The van der Waals surface area contributed by atoms with Crippen molar-refractivity contribution in [3.05, 3.63) is 48.5 Å². The molecule has 228 valence electrons. The second-order valence-electron chi connectivity index (χ2n) is 12.8. The molecular formula is C32H42N8O3. The SMILES string of the molecule is CC(c1cc(-c2cnc3c(n2)c(-c2cnn(C(=O)N(C)C)c2)cn3C(=O)OC(C)(C)C)cc(N2CCC[C@H]2C)c1)N(C)C. The molecule has 3 aromatic heterocycles. The van der Waals surface area contributed by atoms with Gasteiger partial charge in [0.15, 0.2) is 5.65 Å². The molecule has 1 saturated heterocycles. The minimum absolute atomic E-state index is 0.192. The third-order valence-corrected chi connectivity index (χ3v) is 7.93. The van der Waals surface area contributed by atoms with E-state index in [1.165, 1.54) is 38.2 Å². The molecule has 0 spiro atoms. The lowest BCUT2D eigenvalue weighted by atomic mass is 10.0. The number of aromatic nitrogens is 5. The minimum Gasteiger partial charge on any atom is -0.443 e. The second kappa shape index (κ2) is 11.4. The van der Waals surface area contributed by atoms with Crippen molar-refractivity contribution in [2.75, 3.05) is 39.6 Å². The summed E-state index contributed by atoms with van der Waals surface area (Å²) in [6.07, 6.45) is 8.37. The summed E-state index contributed by atoms with van der Waals surface area (Å²) in [5.74, 6) is 0. The van der Waals surface area contributed by atoms with E-state index >= 15 is 0 Å². The molecule has 0 radical (unpaired) electrons. The predicted octanol–water partition coefficient (Wildman–Crippen LogP) is 5.89. The number of fused-ring (bicyclic) bond motifs is 1. The molecule has 1 aliphatic rings. The lowest BCUT2D eigenvalue weighted by Gasteiger charge is -2.27. The molecule has 43 heavy (non-hydrogen) atoms. The zero-order chi connectivity index (χ0) is 31.2. The molecule has 0 aliphatic carbocycles. The van der Waals surface area contributed by atoms with Gasteiger partial charge in [-0.25, -0.2) is 24.1 Å². The Morgan fingerprint density at radius 2 is 1.79 bits per heavy atom. The van der Waals surface area contributed by atoms with Crippen LogP contribution >= 0.6 is 0 Å². The summed E-state index contributed by atoms with van der Waals surface area (Å²) in [4.78, 5) is 41.8. The van der Waals surface area contributed by atoms with E-state index < -0.39 is 11.7 Å². The smallest absolute Gasteiger partial charge is 0.420 e. The van der Waals surface area contributed by atoms with Gasteiger partial charge in [0.25, 0.3) is 0 Å². The van der Waals surface area contributed by atoms with Crippen LogP contribution in [0.3, 0.4) is 0 Å². The molecule has 5 rings (SSSR count). The first-order valence-corrected chi connectivity index (χ1v) is 14.7. The highest BCUT2D eigenvalue weighted by atomic mass is 16.6. The van der Waals surface area contributed by atoms with E-state index in [-0.39, 0.29) is 12.1 Å². The summed E-state index contributed by atoms with van der Waals surface area (Å²) < 4.78 is 8.32. The average Bonchev–Trinajstić information content (AvgIpc) is 3.68. The summed E-state index contributed by atoms with van der Waals surface area (Å²) in [7, 11) is 7.49. The fourth-order valence-corrected chi connectivity index (χ4v) is 5.37. The van der Waals surface area contributed by atoms with Gasteiger partial charge in [-0.2, -0.15) is 9.78 Å². The van der Waals surface area contributed by atoms with Gasteiger partial charge in [-0.15, -0.1) is 0 Å². The van der Waals surface area contributed by atoms with Crippen molar-refractivity contribution in [3.8, 4) is 22.4 Å². The molecule has 0 N–H and O–H groups in total. The molecule has 2 atom stereocenters. The fourth-order valence-electron chi connectivity index (χ4n) is 5.37. The Balaban J connectivity index is 1.68. The van der Waals surface area contributed by atoms with Crippen LogP contribution in [0.4, 0.5) is 15.3 Å². The molecule has 1 unspecified atom stereocenters. The van der Waals surface area contributed by atoms with E-state index in [0.29, 0.717) is 34.0 Å². The van der Waals surface area contributed by atoms with Crippen molar-refractivity contribution in [2.24, 2.45) is 0 Å². The van der Waals surface area contributed by atoms with Gasteiger partial charge in [0.1, 0.15) is 11.1 Å². The number of nitrogens with zero attached hydrogens (tertiary/aromatic N) is 8. The number of carbonyl (C=O) groups excluding carboxylic acids is 2. The summed E-state index contributed by atoms with van der Waals surface area (Å²) in [5.41, 5.74) is 5.44. The Labute approximate surface area is 253 Å². The van der Waals surface area contributed by atoms with Crippen LogP contribution in [-0.2, 0) is 4.74 Å². The molecule has 1 aliphatic heterocycles. The molecule has 4 heterocycles. The van der Waals surface area contributed by atoms with Gasteiger partial charge in [0.2, 0.25) is 0 Å². The molecule has 11 nitrogen and oxygen atoms in total. The Kier molecular flexibility index (Phi) is 8.04. The van der Waals surface area contributed by atoms with Gasteiger partial charge in [-0.05, 0) is 85.3 Å². The number of benzene rings is 1. The van der Waals surface area contributed by atoms with Crippen LogP contribution < -0.4 is 4.90 Å². The van der Waals surface area contributed by atoms with Crippen molar-refractivity contribution < 1.29 is 14.3 Å². The maximum Gasteiger partial charge on any atom is 0.420 e. The highest BCUT2D eigenvalue weighted by molar-refractivity contribution is 5.97. The van der Waals surface area contributed by atoms with Gasteiger partial charge < -0.3 is 19.4 Å². The summed E-state index contributed by atoms with van der Waals surface area (Å²) in [6.45, 7) is 10.9. The topological polar surface area (TPSA) is 102 Å². The number of rotatable bonds is 5. The molecule has 1 aromatic carbocycles. The van der Waals surface area contributed by atoms with Crippen molar-refractivity contribution in [1.29, 1.82) is 0 Å². The number of anilines is 1. The highest BCUT2D eigenvalue weighted by Gasteiger charge is 2.26. The van der Waals surface area contributed by atoms with E-state index in [0.717, 1.165) is 12.1 Å². The third-order valence-electron chi connectivity index (χ3n) is 7.93. The van der Waals surface area contributed by atoms with Crippen LogP contribution in [-0.4, -0.2) is 92.6 Å². The first-order chi connectivity index (χ1) is 20.2. The van der Waals surface area contributed by atoms with E-state index in [9.17, 15) is 9.59 Å². The molecule has 1 amide bonds. The quantitative estimate of drug-likeness (QED) is 0.286. The Bertz CT molecular complexity index is 1660. The van der Waals surface area contributed by atoms with Crippen LogP contribution in [0.1, 0.15) is 59.1 Å². The van der Waals surface area contributed by atoms with Crippen molar-refractivity contribution in [3.63, 3.8) is 0 Å². The maximum absolute atomic E-state index is 13.3.